The maximum Gasteiger partial charge on any atom is 0.296 e. The first kappa shape index (κ1) is 23.7. The molecule has 0 saturated heterocycles. The van der Waals surface area contributed by atoms with E-state index < -0.39 is 10.8 Å². The van der Waals surface area contributed by atoms with E-state index in [4.69, 9.17) is 4.74 Å². The summed E-state index contributed by atoms with van der Waals surface area (Å²) in [7, 11) is 1.40. The molecule has 1 atom stereocenters. The summed E-state index contributed by atoms with van der Waals surface area (Å²) >= 11 is 2.54. The number of ether oxygens (including phenoxy) is 1. The number of aromatic nitrogens is 2. The van der Waals surface area contributed by atoms with Gasteiger partial charge in [-0.1, -0.05) is 32.0 Å². The van der Waals surface area contributed by atoms with Gasteiger partial charge in [-0.05, 0) is 37.0 Å². The minimum absolute atomic E-state index is 0.0677. The number of hydrogen-bond acceptors (Lipinski definition) is 8. The second-order valence-electron chi connectivity index (χ2n) is 7.38. The van der Waals surface area contributed by atoms with E-state index in [-0.39, 0.29) is 22.7 Å². The molecular weight excluding hydrogens is 452 g/mol. The molecule has 9 nitrogen and oxygen atoms in total. The standard InChI is InChI=1S/C21H24N4O5S2/c1-5-11(2)8-14-12(3)32-20-18(14)19(27)23-21(24-20)31-10-17(26)22-15-7-6-13(30-4)9-16(15)25(28)29/h6-7,9,11H,5,8,10H2,1-4H3,(H,22,26)(H,23,24,27). The highest BCUT2D eigenvalue weighted by atomic mass is 32.2. The van der Waals surface area contributed by atoms with Gasteiger partial charge >= 0.3 is 0 Å². The number of aryl methyl sites for hydroxylation is 1. The summed E-state index contributed by atoms with van der Waals surface area (Å²) in [5.74, 6) is 0.261. The van der Waals surface area contributed by atoms with Gasteiger partial charge in [0, 0.05) is 4.88 Å². The van der Waals surface area contributed by atoms with Crippen LogP contribution in [-0.4, -0.2) is 33.7 Å². The lowest BCUT2D eigenvalue weighted by molar-refractivity contribution is -0.384. The van der Waals surface area contributed by atoms with Gasteiger partial charge in [0.15, 0.2) is 5.16 Å². The molecule has 0 aliphatic carbocycles. The first-order valence-corrected chi connectivity index (χ1v) is 11.8. The van der Waals surface area contributed by atoms with Crippen molar-refractivity contribution in [3.05, 3.63) is 49.1 Å². The smallest absolute Gasteiger partial charge is 0.296 e. The van der Waals surface area contributed by atoms with Crippen molar-refractivity contribution < 1.29 is 14.5 Å². The Balaban J connectivity index is 1.75. The molecule has 2 aromatic heterocycles. The van der Waals surface area contributed by atoms with Crippen LogP contribution in [0.15, 0.2) is 28.2 Å². The number of methoxy groups -OCH3 is 1. The molecule has 170 valence electrons. The normalized spacial score (nSPS) is 12.0. The molecule has 0 fully saturated rings. The molecule has 0 aliphatic rings. The van der Waals surface area contributed by atoms with E-state index in [1.165, 1.54) is 36.6 Å². The van der Waals surface area contributed by atoms with E-state index in [0.717, 1.165) is 35.0 Å². The molecule has 3 rings (SSSR count). The van der Waals surface area contributed by atoms with Gasteiger partial charge in [0.1, 0.15) is 16.3 Å². The molecule has 0 bridgehead atoms. The Bertz CT molecular complexity index is 1220. The predicted octanol–water partition coefficient (Wildman–Crippen LogP) is 4.53. The number of anilines is 1. The fraction of sp³-hybridized carbons (Fsp3) is 0.381. The van der Waals surface area contributed by atoms with Crippen LogP contribution < -0.4 is 15.6 Å². The van der Waals surface area contributed by atoms with Crippen molar-refractivity contribution in [2.75, 3.05) is 18.2 Å². The number of carbonyl (C=O) groups is 1. The van der Waals surface area contributed by atoms with Crippen LogP contribution in [0.1, 0.15) is 30.7 Å². The van der Waals surface area contributed by atoms with Crippen molar-refractivity contribution in [2.45, 2.75) is 38.8 Å². The molecule has 1 aromatic carbocycles. The number of nitro groups is 1. The van der Waals surface area contributed by atoms with E-state index in [2.05, 4.69) is 29.1 Å². The van der Waals surface area contributed by atoms with E-state index >= 15 is 0 Å². The van der Waals surface area contributed by atoms with Gasteiger partial charge in [-0.25, -0.2) is 4.98 Å². The molecule has 32 heavy (non-hydrogen) atoms. The van der Waals surface area contributed by atoms with Crippen molar-refractivity contribution in [3.63, 3.8) is 0 Å². The predicted molar refractivity (Wildman–Crippen MR) is 127 cm³/mol. The zero-order valence-corrected chi connectivity index (χ0v) is 19.8. The molecule has 2 N–H and O–H groups in total. The van der Waals surface area contributed by atoms with Crippen molar-refractivity contribution in [1.29, 1.82) is 0 Å². The van der Waals surface area contributed by atoms with Gasteiger partial charge in [-0.2, -0.15) is 0 Å². The highest BCUT2D eigenvalue weighted by Gasteiger charge is 2.19. The number of H-pyrrole nitrogens is 1. The van der Waals surface area contributed by atoms with Crippen molar-refractivity contribution in [3.8, 4) is 5.75 Å². The number of hydrogen-bond donors (Lipinski definition) is 2. The first-order chi connectivity index (χ1) is 15.2. The third kappa shape index (κ3) is 5.28. The number of nitrogens with one attached hydrogen (secondary N) is 2. The molecule has 3 aromatic rings. The summed E-state index contributed by atoms with van der Waals surface area (Å²) in [4.78, 5) is 44.8. The fourth-order valence-electron chi connectivity index (χ4n) is 3.18. The highest BCUT2D eigenvalue weighted by Crippen LogP contribution is 2.31. The van der Waals surface area contributed by atoms with Crippen LogP contribution in [0.2, 0.25) is 0 Å². The molecule has 0 aliphatic heterocycles. The van der Waals surface area contributed by atoms with E-state index in [1.54, 1.807) is 0 Å². The molecule has 0 radical (unpaired) electrons. The lowest BCUT2D eigenvalue weighted by Crippen LogP contribution is -2.16. The molecule has 2 heterocycles. The van der Waals surface area contributed by atoms with Crippen LogP contribution in [0.3, 0.4) is 0 Å². The SMILES string of the molecule is CCC(C)Cc1c(C)sc2nc(SCC(=O)Nc3ccc(OC)cc3[N+](=O)[O-])[nH]c(=O)c12. The van der Waals surface area contributed by atoms with E-state index in [1.807, 2.05) is 6.92 Å². The van der Waals surface area contributed by atoms with Crippen LogP contribution in [0.4, 0.5) is 11.4 Å². The largest absolute Gasteiger partial charge is 0.496 e. The summed E-state index contributed by atoms with van der Waals surface area (Å²) in [5, 5.41) is 14.8. The number of benzene rings is 1. The van der Waals surface area contributed by atoms with Crippen LogP contribution in [0.5, 0.6) is 5.75 Å². The number of thioether (sulfide) groups is 1. The van der Waals surface area contributed by atoms with Crippen LogP contribution in [0, 0.1) is 23.0 Å². The number of rotatable bonds is 9. The summed E-state index contributed by atoms with van der Waals surface area (Å²) in [6, 6.07) is 4.18. The average molecular weight is 477 g/mol. The number of nitro benzene ring substituents is 1. The monoisotopic (exact) mass is 476 g/mol. The summed E-state index contributed by atoms with van der Waals surface area (Å²) in [6.07, 6.45) is 1.85. The molecule has 0 spiro atoms. The van der Waals surface area contributed by atoms with E-state index in [0.29, 0.717) is 27.0 Å². The average Bonchev–Trinajstić information content (AvgIpc) is 3.07. The Morgan fingerprint density at radius 1 is 1.44 bits per heavy atom. The molecule has 0 saturated carbocycles. The lowest BCUT2D eigenvalue weighted by atomic mass is 9.98. The summed E-state index contributed by atoms with van der Waals surface area (Å²) in [6.45, 7) is 6.27. The number of carbonyl (C=O) groups excluding carboxylic acids is 1. The summed E-state index contributed by atoms with van der Waals surface area (Å²) in [5.41, 5.74) is 0.626. The molecule has 1 amide bonds. The zero-order valence-electron chi connectivity index (χ0n) is 18.2. The molecule has 1 unspecified atom stereocenters. The number of nitrogens with zero attached hydrogens (tertiary/aromatic N) is 2. The maximum absolute atomic E-state index is 12.7. The Morgan fingerprint density at radius 3 is 2.84 bits per heavy atom. The van der Waals surface area contributed by atoms with Gasteiger partial charge in [-0.3, -0.25) is 19.7 Å². The van der Waals surface area contributed by atoms with Crippen molar-refractivity contribution in [2.24, 2.45) is 5.92 Å². The first-order valence-electron chi connectivity index (χ1n) is 10.0. The van der Waals surface area contributed by atoms with Gasteiger partial charge < -0.3 is 15.0 Å². The second-order valence-corrected chi connectivity index (χ2v) is 9.55. The Kier molecular flexibility index (Phi) is 7.52. The minimum Gasteiger partial charge on any atom is -0.496 e. The number of aromatic amines is 1. The molecule has 11 heteroatoms. The van der Waals surface area contributed by atoms with Gasteiger partial charge in [0.05, 0.1) is 29.2 Å². The van der Waals surface area contributed by atoms with Crippen LogP contribution in [-0.2, 0) is 11.2 Å². The van der Waals surface area contributed by atoms with Crippen molar-refractivity contribution >= 4 is 50.6 Å². The summed E-state index contributed by atoms with van der Waals surface area (Å²) < 4.78 is 4.99. The minimum atomic E-state index is -0.589. The Morgan fingerprint density at radius 2 is 2.19 bits per heavy atom. The van der Waals surface area contributed by atoms with Gasteiger partial charge in [-0.15, -0.1) is 11.3 Å². The third-order valence-electron chi connectivity index (χ3n) is 5.11. The quantitative estimate of drug-likeness (QED) is 0.201. The Labute approximate surface area is 192 Å². The number of thiophene rings is 1. The second kappa shape index (κ2) is 10.1. The van der Waals surface area contributed by atoms with Crippen LogP contribution in [0.25, 0.3) is 10.2 Å². The number of amides is 1. The maximum atomic E-state index is 12.7. The van der Waals surface area contributed by atoms with Gasteiger partial charge in [0.25, 0.3) is 11.2 Å². The molecular formula is C21H24N4O5S2. The zero-order chi connectivity index (χ0) is 23.4. The van der Waals surface area contributed by atoms with Crippen molar-refractivity contribution in [1.82, 2.24) is 9.97 Å². The lowest BCUT2D eigenvalue weighted by Gasteiger charge is -2.08. The highest BCUT2D eigenvalue weighted by molar-refractivity contribution is 7.99. The van der Waals surface area contributed by atoms with Gasteiger partial charge in [0.2, 0.25) is 5.91 Å². The van der Waals surface area contributed by atoms with Crippen LogP contribution >= 0.6 is 23.1 Å². The number of fused-ring (bicyclic) bond motifs is 1. The topological polar surface area (TPSA) is 127 Å². The fourth-order valence-corrected chi connectivity index (χ4v) is 4.95. The third-order valence-corrected chi connectivity index (χ3v) is 7.02. The Hall–Kier alpha value is -2.92. The van der Waals surface area contributed by atoms with E-state index in [9.17, 15) is 19.7 Å².